The molecule has 144 valence electrons. The van der Waals surface area contributed by atoms with E-state index in [4.69, 9.17) is 0 Å². The third-order valence-corrected chi connectivity index (χ3v) is 6.75. The molecule has 6 heteroatoms. The molecule has 1 aliphatic heterocycles. The highest BCUT2D eigenvalue weighted by Crippen LogP contribution is 2.21. The zero-order valence-corrected chi connectivity index (χ0v) is 16.5. The van der Waals surface area contributed by atoms with Crippen LogP contribution >= 0.6 is 0 Å². The smallest absolute Gasteiger partial charge is 0.243 e. The van der Waals surface area contributed by atoms with Gasteiger partial charge in [-0.3, -0.25) is 4.79 Å². The van der Waals surface area contributed by atoms with Gasteiger partial charge in [0.25, 0.3) is 0 Å². The van der Waals surface area contributed by atoms with Crippen LogP contribution in [-0.2, 0) is 27.8 Å². The van der Waals surface area contributed by atoms with Crippen LogP contribution in [0.3, 0.4) is 0 Å². The lowest BCUT2D eigenvalue weighted by atomic mass is 10.1. The number of aryl methyl sites for hydroxylation is 2. The summed E-state index contributed by atoms with van der Waals surface area (Å²) in [6, 6.07) is 14.9. The van der Waals surface area contributed by atoms with E-state index >= 15 is 0 Å². The molecule has 1 saturated heterocycles. The van der Waals surface area contributed by atoms with Gasteiger partial charge in [0.1, 0.15) is 0 Å². The van der Waals surface area contributed by atoms with Crippen molar-refractivity contribution in [3.05, 3.63) is 65.2 Å². The lowest BCUT2D eigenvalue weighted by Gasteiger charge is -2.15. The van der Waals surface area contributed by atoms with Crippen LogP contribution in [0.4, 0.5) is 0 Å². The molecule has 1 aliphatic rings. The quantitative estimate of drug-likeness (QED) is 0.795. The molecule has 0 bridgehead atoms. The number of nitrogens with one attached hydrogen (secondary N) is 1. The number of hydrogen-bond donors (Lipinski definition) is 1. The average Bonchev–Trinajstić information content (AvgIpc) is 3.21. The summed E-state index contributed by atoms with van der Waals surface area (Å²) in [5, 5.41) is 2.90. The molecule has 0 radical (unpaired) electrons. The lowest BCUT2D eigenvalue weighted by molar-refractivity contribution is -0.121. The summed E-state index contributed by atoms with van der Waals surface area (Å²) in [6.45, 7) is 3.63. The fraction of sp³-hybridized carbons (Fsp3) is 0.381. The van der Waals surface area contributed by atoms with E-state index in [0.29, 0.717) is 37.4 Å². The van der Waals surface area contributed by atoms with Gasteiger partial charge in [-0.1, -0.05) is 42.0 Å². The fourth-order valence-corrected chi connectivity index (χ4v) is 4.79. The molecule has 27 heavy (non-hydrogen) atoms. The van der Waals surface area contributed by atoms with Crippen molar-refractivity contribution in [3.8, 4) is 0 Å². The molecule has 2 aromatic rings. The second-order valence-electron chi connectivity index (χ2n) is 7.02. The van der Waals surface area contributed by atoms with Crippen LogP contribution in [0.15, 0.2) is 53.4 Å². The molecule has 1 heterocycles. The molecule has 1 amide bonds. The van der Waals surface area contributed by atoms with E-state index in [1.807, 2.05) is 25.1 Å². The Morgan fingerprint density at radius 3 is 2.41 bits per heavy atom. The summed E-state index contributed by atoms with van der Waals surface area (Å²) in [5.74, 6) is -0.00901. The predicted molar refractivity (Wildman–Crippen MR) is 106 cm³/mol. The number of carbonyl (C=O) groups is 1. The first kappa shape index (κ1) is 19.6. The number of amides is 1. The highest BCUT2D eigenvalue weighted by atomic mass is 32.2. The molecule has 5 nitrogen and oxygen atoms in total. The minimum atomic E-state index is -3.38. The second-order valence-corrected chi connectivity index (χ2v) is 8.96. The van der Waals surface area contributed by atoms with Gasteiger partial charge < -0.3 is 5.32 Å². The Labute approximate surface area is 161 Å². The van der Waals surface area contributed by atoms with Crippen LogP contribution in [0.5, 0.6) is 0 Å². The zero-order valence-electron chi connectivity index (χ0n) is 15.6. The zero-order chi connectivity index (χ0) is 19.3. The van der Waals surface area contributed by atoms with Gasteiger partial charge in [0.05, 0.1) is 4.90 Å². The van der Waals surface area contributed by atoms with E-state index in [2.05, 4.69) is 11.4 Å². The van der Waals surface area contributed by atoms with E-state index < -0.39 is 10.0 Å². The first-order valence-electron chi connectivity index (χ1n) is 9.36. The number of hydrogen-bond acceptors (Lipinski definition) is 3. The molecular formula is C21H26N2O3S. The van der Waals surface area contributed by atoms with E-state index in [0.717, 1.165) is 24.0 Å². The largest absolute Gasteiger partial charge is 0.352 e. The van der Waals surface area contributed by atoms with E-state index in [1.165, 1.54) is 9.87 Å². The minimum absolute atomic E-state index is 0.00901. The Bertz CT molecular complexity index is 886. The summed E-state index contributed by atoms with van der Waals surface area (Å²) in [7, 11) is -3.38. The number of nitrogens with zero attached hydrogens (tertiary/aromatic N) is 1. The first-order valence-corrected chi connectivity index (χ1v) is 10.8. The van der Waals surface area contributed by atoms with Gasteiger partial charge in [-0.05, 0) is 49.4 Å². The van der Waals surface area contributed by atoms with Crippen LogP contribution in [0.1, 0.15) is 36.0 Å². The van der Waals surface area contributed by atoms with Crippen molar-refractivity contribution in [1.29, 1.82) is 0 Å². The highest BCUT2D eigenvalue weighted by Gasteiger charge is 2.26. The molecule has 0 spiro atoms. The van der Waals surface area contributed by atoms with Crippen molar-refractivity contribution in [1.82, 2.24) is 9.62 Å². The third kappa shape index (κ3) is 5.17. The summed E-state index contributed by atoms with van der Waals surface area (Å²) in [4.78, 5) is 12.4. The molecule has 0 aromatic heterocycles. The summed E-state index contributed by atoms with van der Waals surface area (Å²) in [6.07, 6.45) is 2.99. The van der Waals surface area contributed by atoms with E-state index in [9.17, 15) is 13.2 Å². The molecular weight excluding hydrogens is 360 g/mol. The Morgan fingerprint density at radius 2 is 1.74 bits per heavy atom. The Hall–Kier alpha value is -2.18. The predicted octanol–water partition coefficient (Wildman–Crippen LogP) is 3.03. The molecule has 0 saturated carbocycles. The molecule has 1 N–H and O–H groups in total. The molecule has 0 unspecified atom stereocenters. The number of rotatable bonds is 7. The van der Waals surface area contributed by atoms with Crippen LogP contribution in [0, 0.1) is 6.92 Å². The first-order chi connectivity index (χ1) is 12.9. The van der Waals surface area contributed by atoms with Gasteiger partial charge >= 0.3 is 0 Å². The van der Waals surface area contributed by atoms with Crippen molar-refractivity contribution in [3.63, 3.8) is 0 Å². The summed E-state index contributed by atoms with van der Waals surface area (Å²) >= 11 is 0. The van der Waals surface area contributed by atoms with Gasteiger partial charge in [0, 0.05) is 26.1 Å². The highest BCUT2D eigenvalue weighted by molar-refractivity contribution is 7.89. The van der Waals surface area contributed by atoms with Crippen LogP contribution in [0.2, 0.25) is 0 Å². The SMILES string of the molecule is Cc1cccc(CCC(=O)NCc2ccc(S(=O)(=O)N3CCCC3)cc2)c1. The van der Waals surface area contributed by atoms with Crippen LogP contribution < -0.4 is 5.32 Å². The standard InChI is InChI=1S/C21H26N2O3S/c1-17-5-4-6-18(15-17)9-12-21(24)22-16-19-7-10-20(11-8-19)27(25,26)23-13-2-3-14-23/h4-8,10-11,15H,2-3,9,12-14,16H2,1H3,(H,22,24). The maximum Gasteiger partial charge on any atom is 0.243 e. The molecule has 1 fully saturated rings. The molecule has 3 rings (SSSR count). The summed E-state index contributed by atoms with van der Waals surface area (Å²) in [5.41, 5.74) is 3.23. The van der Waals surface area contributed by atoms with Crippen molar-refractivity contribution < 1.29 is 13.2 Å². The minimum Gasteiger partial charge on any atom is -0.352 e. The normalized spacial score (nSPS) is 15.0. The third-order valence-electron chi connectivity index (χ3n) is 4.84. The van der Waals surface area contributed by atoms with Crippen LogP contribution in [0.25, 0.3) is 0 Å². The topological polar surface area (TPSA) is 66.5 Å². The average molecular weight is 387 g/mol. The van der Waals surface area contributed by atoms with Gasteiger partial charge in [0.2, 0.25) is 15.9 Å². The van der Waals surface area contributed by atoms with E-state index in [1.54, 1.807) is 24.3 Å². The number of benzene rings is 2. The summed E-state index contributed by atoms with van der Waals surface area (Å²) < 4.78 is 26.6. The molecule has 0 atom stereocenters. The number of sulfonamides is 1. The second kappa shape index (κ2) is 8.67. The van der Waals surface area contributed by atoms with Crippen molar-refractivity contribution >= 4 is 15.9 Å². The maximum absolute atomic E-state index is 12.5. The van der Waals surface area contributed by atoms with Gasteiger partial charge in [-0.25, -0.2) is 8.42 Å². The monoisotopic (exact) mass is 386 g/mol. The molecule has 2 aromatic carbocycles. The molecule has 0 aliphatic carbocycles. The van der Waals surface area contributed by atoms with Gasteiger partial charge in [-0.15, -0.1) is 0 Å². The Balaban J connectivity index is 1.50. The maximum atomic E-state index is 12.5. The lowest BCUT2D eigenvalue weighted by Crippen LogP contribution is -2.28. The number of carbonyl (C=O) groups excluding carboxylic acids is 1. The Kier molecular flexibility index (Phi) is 6.29. The fourth-order valence-electron chi connectivity index (χ4n) is 3.27. The van der Waals surface area contributed by atoms with E-state index in [-0.39, 0.29) is 5.91 Å². The van der Waals surface area contributed by atoms with Crippen molar-refractivity contribution in [2.45, 2.75) is 44.0 Å². The van der Waals surface area contributed by atoms with Gasteiger partial charge in [-0.2, -0.15) is 4.31 Å². The Morgan fingerprint density at radius 1 is 1.04 bits per heavy atom. The van der Waals surface area contributed by atoms with Crippen molar-refractivity contribution in [2.75, 3.05) is 13.1 Å². The van der Waals surface area contributed by atoms with Gasteiger partial charge in [0.15, 0.2) is 0 Å². The van der Waals surface area contributed by atoms with Crippen molar-refractivity contribution in [2.24, 2.45) is 0 Å². The van der Waals surface area contributed by atoms with Crippen LogP contribution in [-0.4, -0.2) is 31.7 Å².